The van der Waals surface area contributed by atoms with E-state index in [-0.39, 0.29) is 16.4 Å². The lowest BCUT2D eigenvalue weighted by molar-refractivity contribution is 0.0954. The Morgan fingerprint density at radius 3 is 2.75 bits per heavy atom. The molecule has 0 spiro atoms. The molecule has 1 amide bonds. The van der Waals surface area contributed by atoms with E-state index >= 15 is 0 Å². The van der Waals surface area contributed by atoms with Crippen molar-refractivity contribution in [3.63, 3.8) is 0 Å². The van der Waals surface area contributed by atoms with E-state index in [2.05, 4.69) is 10.0 Å². The van der Waals surface area contributed by atoms with E-state index in [1.54, 1.807) is 47.7 Å². The van der Waals surface area contributed by atoms with Crippen LogP contribution in [-0.2, 0) is 29.3 Å². The third kappa shape index (κ3) is 5.11. The number of aromatic nitrogens is 1. The van der Waals surface area contributed by atoms with Crippen molar-refractivity contribution in [2.24, 2.45) is 0 Å². The van der Waals surface area contributed by atoms with Crippen LogP contribution >= 0.6 is 11.3 Å². The molecule has 0 radical (unpaired) electrons. The molecule has 168 valence electrons. The molecule has 0 fully saturated rings. The molecule has 32 heavy (non-hydrogen) atoms. The zero-order chi connectivity index (χ0) is 22.6. The van der Waals surface area contributed by atoms with Gasteiger partial charge in [-0.25, -0.2) is 13.4 Å². The second-order valence-corrected chi connectivity index (χ2v) is 10.4. The molecule has 1 heterocycles. The van der Waals surface area contributed by atoms with E-state index in [0.29, 0.717) is 24.4 Å². The van der Waals surface area contributed by atoms with Crippen molar-refractivity contribution in [2.45, 2.75) is 37.0 Å². The smallest absolute Gasteiger partial charge is 0.262 e. The van der Waals surface area contributed by atoms with E-state index in [1.165, 1.54) is 42.7 Å². The zero-order valence-corrected chi connectivity index (χ0v) is 19.4. The summed E-state index contributed by atoms with van der Waals surface area (Å²) in [5.41, 5.74) is 1.82. The first-order valence-electron chi connectivity index (χ1n) is 10.5. The molecule has 1 aromatic heterocycles. The lowest BCUT2D eigenvalue weighted by Gasteiger charge is -2.12. The average Bonchev–Trinajstić information content (AvgIpc) is 3.22. The first-order chi connectivity index (χ1) is 15.5. The highest BCUT2D eigenvalue weighted by Gasteiger charge is 2.19. The van der Waals surface area contributed by atoms with Gasteiger partial charge in [0.1, 0.15) is 5.75 Å². The molecule has 0 aliphatic heterocycles. The molecule has 0 unspecified atom stereocenters. The molecule has 7 nitrogen and oxygen atoms in total. The minimum atomic E-state index is -3.89. The van der Waals surface area contributed by atoms with Crippen LogP contribution in [0.3, 0.4) is 0 Å². The van der Waals surface area contributed by atoms with Gasteiger partial charge in [0, 0.05) is 23.4 Å². The number of carbonyl (C=O) groups excluding carboxylic acids is 1. The highest BCUT2D eigenvalue weighted by Crippen LogP contribution is 2.27. The van der Waals surface area contributed by atoms with Gasteiger partial charge in [-0.3, -0.25) is 9.52 Å². The van der Waals surface area contributed by atoms with Crippen LogP contribution in [0, 0.1) is 0 Å². The fourth-order valence-corrected chi connectivity index (χ4v) is 5.91. The summed E-state index contributed by atoms with van der Waals surface area (Å²) in [5, 5.41) is 3.90. The maximum Gasteiger partial charge on any atom is 0.262 e. The third-order valence-corrected chi connectivity index (χ3v) is 7.85. The summed E-state index contributed by atoms with van der Waals surface area (Å²) in [6, 6.07) is 12.7. The number of sulfonamides is 1. The number of para-hydroxylation sites is 2. The van der Waals surface area contributed by atoms with Crippen LogP contribution in [0.4, 0.5) is 5.69 Å². The van der Waals surface area contributed by atoms with Crippen molar-refractivity contribution in [3.8, 4) is 5.75 Å². The summed E-state index contributed by atoms with van der Waals surface area (Å²) in [5.74, 6) is 0.0921. The number of aryl methyl sites for hydroxylation is 2. The fraction of sp³-hybridized carbons (Fsp3) is 0.304. The highest BCUT2D eigenvalue weighted by atomic mass is 32.2. The Morgan fingerprint density at radius 2 is 1.94 bits per heavy atom. The molecule has 0 atom stereocenters. The Balaban J connectivity index is 1.40. The van der Waals surface area contributed by atoms with Gasteiger partial charge in [-0.05, 0) is 56.0 Å². The molecule has 3 aromatic rings. The van der Waals surface area contributed by atoms with Gasteiger partial charge < -0.3 is 10.1 Å². The lowest BCUT2D eigenvalue weighted by Crippen LogP contribution is -2.26. The molecule has 4 rings (SSSR count). The second kappa shape index (κ2) is 9.70. The van der Waals surface area contributed by atoms with Gasteiger partial charge in [0.2, 0.25) is 0 Å². The Hall–Kier alpha value is -2.91. The van der Waals surface area contributed by atoms with Crippen molar-refractivity contribution in [3.05, 3.63) is 69.7 Å². The number of nitrogens with one attached hydrogen (secondary N) is 2. The second-order valence-electron chi connectivity index (χ2n) is 7.52. The van der Waals surface area contributed by atoms with Crippen LogP contribution < -0.4 is 14.8 Å². The third-order valence-electron chi connectivity index (χ3n) is 5.27. The number of methoxy groups -OCH3 is 1. The number of benzene rings is 2. The number of hydrogen-bond donors (Lipinski definition) is 2. The van der Waals surface area contributed by atoms with Gasteiger partial charge >= 0.3 is 0 Å². The van der Waals surface area contributed by atoms with Gasteiger partial charge in [0.15, 0.2) is 0 Å². The molecule has 2 N–H and O–H groups in total. The number of carbonyl (C=O) groups is 1. The number of fused-ring (bicyclic) bond motifs is 1. The molecular weight excluding hydrogens is 446 g/mol. The first kappa shape index (κ1) is 22.3. The van der Waals surface area contributed by atoms with Crippen LogP contribution in [0.5, 0.6) is 5.75 Å². The summed E-state index contributed by atoms with van der Waals surface area (Å²) in [7, 11) is -2.41. The van der Waals surface area contributed by atoms with E-state index < -0.39 is 10.0 Å². The van der Waals surface area contributed by atoms with Crippen LogP contribution in [0.2, 0.25) is 0 Å². The molecule has 1 aliphatic rings. The Kier molecular flexibility index (Phi) is 6.76. The van der Waals surface area contributed by atoms with Gasteiger partial charge in [0.25, 0.3) is 15.9 Å². The maximum absolute atomic E-state index is 12.8. The SMILES string of the molecule is COc1ccccc1NS(=O)(=O)c1cccc(C(=O)NCCc2nc3c(s2)CCCC3)c1. The van der Waals surface area contributed by atoms with Crippen molar-refractivity contribution < 1.29 is 17.9 Å². The van der Waals surface area contributed by atoms with Crippen LogP contribution in [0.1, 0.15) is 38.8 Å². The lowest BCUT2D eigenvalue weighted by atomic mass is 10.0. The summed E-state index contributed by atoms with van der Waals surface area (Å²) in [6.07, 6.45) is 5.22. The largest absolute Gasteiger partial charge is 0.495 e. The quantitative estimate of drug-likeness (QED) is 0.521. The topological polar surface area (TPSA) is 97.4 Å². The zero-order valence-electron chi connectivity index (χ0n) is 17.8. The molecule has 0 saturated heterocycles. The van der Waals surface area contributed by atoms with E-state index in [1.807, 2.05) is 0 Å². The molecule has 2 aromatic carbocycles. The number of amides is 1. The maximum atomic E-state index is 12.8. The number of nitrogens with zero attached hydrogens (tertiary/aromatic N) is 1. The number of hydrogen-bond acceptors (Lipinski definition) is 6. The van der Waals surface area contributed by atoms with Gasteiger partial charge in [-0.1, -0.05) is 18.2 Å². The molecule has 0 saturated carbocycles. The monoisotopic (exact) mass is 471 g/mol. The molecule has 0 bridgehead atoms. The van der Waals surface area contributed by atoms with Gasteiger partial charge in [-0.15, -0.1) is 11.3 Å². The molecule has 9 heteroatoms. The standard InChI is InChI=1S/C23H25N3O4S2/c1-30-20-11-4-2-9-18(20)26-32(28,29)17-8-6-7-16(15-17)23(27)24-14-13-22-25-19-10-3-5-12-21(19)31-22/h2,4,6-9,11,15,26H,3,5,10,12-14H2,1H3,(H,24,27). The van der Waals surface area contributed by atoms with E-state index in [9.17, 15) is 13.2 Å². The van der Waals surface area contributed by atoms with Crippen molar-refractivity contribution in [1.82, 2.24) is 10.3 Å². The summed E-state index contributed by atoms with van der Waals surface area (Å²) >= 11 is 1.73. The van der Waals surface area contributed by atoms with E-state index in [0.717, 1.165) is 17.8 Å². The van der Waals surface area contributed by atoms with Crippen molar-refractivity contribution in [2.75, 3.05) is 18.4 Å². The Bertz CT molecular complexity index is 1200. The summed E-state index contributed by atoms with van der Waals surface area (Å²) in [4.78, 5) is 18.7. The average molecular weight is 472 g/mol. The Morgan fingerprint density at radius 1 is 1.12 bits per heavy atom. The van der Waals surface area contributed by atoms with Crippen molar-refractivity contribution >= 4 is 33.0 Å². The highest BCUT2D eigenvalue weighted by molar-refractivity contribution is 7.92. The predicted molar refractivity (Wildman–Crippen MR) is 125 cm³/mol. The Labute approximate surface area is 191 Å². The van der Waals surface area contributed by atoms with Gasteiger partial charge in [-0.2, -0.15) is 0 Å². The van der Waals surface area contributed by atoms with Crippen LogP contribution in [0.15, 0.2) is 53.4 Å². The predicted octanol–water partition coefficient (Wildman–Crippen LogP) is 3.80. The summed E-state index contributed by atoms with van der Waals surface area (Å²) < 4.78 is 33.4. The van der Waals surface area contributed by atoms with Crippen LogP contribution in [0.25, 0.3) is 0 Å². The van der Waals surface area contributed by atoms with Gasteiger partial charge in [0.05, 0.1) is 28.4 Å². The number of thiazole rings is 1. The number of rotatable bonds is 8. The summed E-state index contributed by atoms with van der Waals surface area (Å²) in [6.45, 7) is 0.446. The first-order valence-corrected chi connectivity index (χ1v) is 12.8. The molecular formula is C23H25N3O4S2. The fourth-order valence-electron chi connectivity index (χ4n) is 3.63. The minimum Gasteiger partial charge on any atom is -0.495 e. The van der Waals surface area contributed by atoms with Crippen molar-refractivity contribution in [1.29, 1.82) is 0 Å². The number of ether oxygens (including phenoxy) is 1. The van der Waals surface area contributed by atoms with E-state index in [4.69, 9.17) is 9.72 Å². The number of anilines is 1. The normalized spacial score (nSPS) is 13.3. The minimum absolute atomic E-state index is 0.00338. The van der Waals surface area contributed by atoms with Crippen LogP contribution in [-0.4, -0.2) is 33.0 Å². The molecule has 1 aliphatic carbocycles.